The van der Waals surface area contributed by atoms with Crippen molar-refractivity contribution in [2.75, 3.05) is 19.8 Å². The monoisotopic (exact) mass is 390 g/mol. The molecule has 0 bridgehead atoms. The molecule has 2 aliphatic rings. The van der Waals surface area contributed by atoms with Crippen LogP contribution in [0.25, 0.3) is 0 Å². The molecule has 1 aromatic rings. The number of rotatable bonds is 4. The van der Waals surface area contributed by atoms with Crippen molar-refractivity contribution in [2.45, 2.75) is 25.7 Å². The fourth-order valence-corrected chi connectivity index (χ4v) is 3.92. The highest BCUT2D eigenvalue weighted by Gasteiger charge is 2.50. The number of urea groups is 1. The topological polar surface area (TPSA) is 111 Å². The third-order valence-electron chi connectivity index (χ3n) is 4.65. The first kappa shape index (κ1) is 19.2. The van der Waals surface area contributed by atoms with Gasteiger partial charge in [0, 0.05) is 14.1 Å². The zero-order chi connectivity index (χ0) is 19.7. The molecule has 9 nitrogen and oxygen atoms in total. The molecule has 0 saturated carbocycles. The van der Waals surface area contributed by atoms with Crippen LogP contribution >= 0.6 is 11.8 Å². The quantitative estimate of drug-likeness (QED) is 0.429. The molecule has 1 aromatic carbocycles. The zero-order valence-electron chi connectivity index (χ0n) is 15.4. The van der Waals surface area contributed by atoms with E-state index in [0.29, 0.717) is 5.17 Å². The average Bonchev–Trinajstić information content (AvgIpc) is 2.99. The van der Waals surface area contributed by atoms with Crippen molar-refractivity contribution in [3.05, 3.63) is 35.4 Å². The molecular weight excluding hydrogens is 368 g/mol. The first-order chi connectivity index (χ1) is 12.8. The molecule has 0 spiro atoms. The lowest BCUT2D eigenvalue weighted by molar-refractivity contribution is -0.137. The number of hydrogen-bond acceptors (Lipinski definition) is 7. The number of benzene rings is 1. The first-order valence-electron chi connectivity index (χ1n) is 8.40. The van der Waals surface area contributed by atoms with Gasteiger partial charge in [-0.2, -0.15) is 0 Å². The number of fused-ring (bicyclic) bond motifs is 1. The van der Waals surface area contributed by atoms with E-state index in [-0.39, 0.29) is 30.1 Å². The Hall–Kier alpha value is -2.59. The summed E-state index contributed by atoms with van der Waals surface area (Å²) >= 11 is 1.18. The predicted molar refractivity (Wildman–Crippen MR) is 102 cm³/mol. The molecule has 27 heavy (non-hydrogen) atoms. The zero-order valence-corrected chi connectivity index (χ0v) is 16.2. The SMILES string of the molecule is Cc1ccc(CN2C(=O)C3C(N=C(SCC(=O)NN)N3C)N(C)C2=O)cc1. The van der Waals surface area contributed by atoms with E-state index in [0.717, 1.165) is 11.1 Å². The first-order valence-corrected chi connectivity index (χ1v) is 9.38. The van der Waals surface area contributed by atoms with Crippen LogP contribution < -0.4 is 11.3 Å². The van der Waals surface area contributed by atoms with Gasteiger partial charge in [-0.25, -0.2) is 15.6 Å². The maximum atomic E-state index is 13.0. The van der Waals surface area contributed by atoms with Crippen LogP contribution in [0, 0.1) is 6.92 Å². The molecule has 1 saturated heterocycles. The van der Waals surface area contributed by atoms with Crippen LogP contribution in [0.1, 0.15) is 11.1 Å². The molecule has 1 fully saturated rings. The van der Waals surface area contributed by atoms with E-state index < -0.39 is 12.2 Å². The molecule has 2 heterocycles. The molecule has 0 aromatic heterocycles. The van der Waals surface area contributed by atoms with Crippen LogP contribution in [-0.4, -0.2) is 69.8 Å². The Bertz CT molecular complexity index is 796. The number of carbonyl (C=O) groups excluding carboxylic acids is 3. The Morgan fingerprint density at radius 3 is 2.52 bits per heavy atom. The number of hydrazine groups is 1. The summed E-state index contributed by atoms with van der Waals surface area (Å²) in [5, 5.41) is 0.527. The van der Waals surface area contributed by atoms with Gasteiger partial charge in [-0.1, -0.05) is 41.6 Å². The normalized spacial score (nSPS) is 22.1. The number of amidine groups is 1. The van der Waals surface area contributed by atoms with Gasteiger partial charge in [0.05, 0.1) is 12.3 Å². The number of aryl methyl sites for hydroxylation is 1. The molecule has 3 rings (SSSR count). The van der Waals surface area contributed by atoms with Gasteiger partial charge in [0.1, 0.15) is 0 Å². The summed E-state index contributed by atoms with van der Waals surface area (Å²) in [6, 6.07) is 6.71. The maximum absolute atomic E-state index is 13.0. The van der Waals surface area contributed by atoms with Gasteiger partial charge in [-0.05, 0) is 12.5 Å². The number of nitrogens with zero attached hydrogens (tertiary/aromatic N) is 4. The molecule has 2 atom stereocenters. The minimum absolute atomic E-state index is 0.0814. The molecule has 2 unspecified atom stereocenters. The summed E-state index contributed by atoms with van der Waals surface area (Å²) in [5.74, 6) is 4.53. The van der Waals surface area contributed by atoms with Crippen LogP contribution in [-0.2, 0) is 16.1 Å². The van der Waals surface area contributed by atoms with Gasteiger partial charge in [-0.3, -0.25) is 19.9 Å². The highest BCUT2D eigenvalue weighted by molar-refractivity contribution is 8.14. The molecule has 0 aliphatic carbocycles. The van der Waals surface area contributed by atoms with E-state index in [2.05, 4.69) is 10.4 Å². The minimum atomic E-state index is -0.610. The van der Waals surface area contributed by atoms with E-state index in [9.17, 15) is 14.4 Å². The second kappa shape index (κ2) is 7.57. The smallest absolute Gasteiger partial charge is 0.328 e. The van der Waals surface area contributed by atoms with E-state index in [1.54, 1.807) is 19.0 Å². The second-order valence-electron chi connectivity index (χ2n) is 6.54. The highest BCUT2D eigenvalue weighted by atomic mass is 32.2. The number of imide groups is 1. The summed E-state index contributed by atoms with van der Waals surface area (Å²) in [6.07, 6.45) is -0.604. The Balaban J connectivity index is 1.78. The van der Waals surface area contributed by atoms with Crippen LogP contribution in [0.3, 0.4) is 0 Å². The van der Waals surface area contributed by atoms with Crippen LogP contribution in [0.15, 0.2) is 29.3 Å². The minimum Gasteiger partial charge on any atom is -0.339 e. The van der Waals surface area contributed by atoms with Gasteiger partial charge >= 0.3 is 6.03 Å². The van der Waals surface area contributed by atoms with Crippen molar-refractivity contribution in [1.29, 1.82) is 0 Å². The van der Waals surface area contributed by atoms with E-state index >= 15 is 0 Å². The lowest BCUT2D eigenvalue weighted by atomic mass is 10.1. The van der Waals surface area contributed by atoms with Crippen molar-refractivity contribution < 1.29 is 14.4 Å². The molecule has 144 valence electrons. The van der Waals surface area contributed by atoms with Gasteiger partial charge in [-0.15, -0.1) is 0 Å². The van der Waals surface area contributed by atoms with Gasteiger partial charge in [0.15, 0.2) is 17.4 Å². The number of likely N-dealkylation sites (N-methyl/N-ethyl adjacent to an activating group) is 2. The van der Waals surface area contributed by atoms with Crippen molar-refractivity contribution in [1.82, 2.24) is 20.1 Å². The fourth-order valence-electron chi connectivity index (χ4n) is 3.08. The molecule has 2 aliphatic heterocycles. The van der Waals surface area contributed by atoms with Crippen LogP contribution in [0.2, 0.25) is 0 Å². The highest BCUT2D eigenvalue weighted by Crippen LogP contribution is 2.30. The third kappa shape index (κ3) is 3.62. The average molecular weight is 390 g/mol. The Morgan fingerprint density at radius 2 is 1.89 bits per heavy atom. The maximum Gasteiger partial charge on any atom is 0.328 e. The summed E-state index contributed by atoms with van der Waals surface area (Å²) < 4.78 is 0. The lowest BCUT2D eigenvalue weighted by Crippen LogP contribution is -2.64. The summed E-state index contributed by atoms with van der Waals surface area (Å²) in [7, 11) is 3.37. The number of nitrogens with two attached hydrogens (primary N) is 1. The number of aliphatic imine (C=N–C) groups is 1. The fraction of sp³-hybridized carbons (Fsp3) is 0.412. The molecule has 4 amide bonds. The molecule has 0 radical (unpaired) electrons. The third-order valence-corrected chi connectivity index (χ3v) is 5.71. The van der Waals surface area contributed by atoms with Crippen molar-refractivity contribution in [2.24, 2.45) is 10.8 Å². The van der Waals surface area contributed by atoms with Gasteiger partial charge in [0.25, 0.3) is 5.91 Å². The van der Waals surface area contributed by atoms with Crippen LogP contribution in [0.4, 0.5) is 4.79 Å². The molecule has 3 N–H and O–H groups in total. The van der Waals surface area contributed by atoms with E-state index in [1.807, 2.05) is 31.2 Å². The Kier molecular flexibility index (Phi) is 5.38. The van der Waals surface area contributed by atoms with Crippen molar-refractivity contribution >= 4 is 34.8 Å². The molecule has 10 heteroatoms. The van der Waals surface area contributed by atoms with Gasteiger partial charge in [0.2, 0.25) is 5.91 Å². The standard InChI is InChI=1S/C17H22N6O3S/c1-10-4-6-11(7-5-10)8-23-15(25)13-14(22(3)17(23)26)19-16(21(13)2)27-9-12(24)20-18/h4-7,13-14H,8-9,18H2,1-3H3,(H,20,24). The van der Waals surface area contributed by atoms with Gasteiger partial charge < -0.3 is 9.80 Å². The summed E-state index contributed by atoms with van der Waals surface area (Å²) in [5.41, 5.74) is 4.05. The Morgan fingerprint density at radius 1 is 1.22 bits per heavy atom. The number of carbonyl (C=O) groups is 3. The van der Waals surface area contributed by atoms with Crippen LogP contribution in [0.5, 0.6) is 0 Å². The van der Waals surface area contributed by atoms with E-state index in [4.69, 9.17) is 5.84 Å². The predicted octanol–water partition coefficient (Wildman–Crippen LogP) is 0.108. The number of thioether (sulfide) groups is 1. The largest absolute Gasteiger partial charge is 0.339 e. The summed E-state index contributed by atoms with van der Waals surface area (Å²) in [6.45, 7) is 2.19. The molecular formula is C17H22N6O3S. The van der Waals surface area contributed by atoms with Crippen molar-refractivity contribution in [3.8, 4) is 0 Å². The summed E-state index contributed by atoms with van der Waals surface area (Å²) in [4.78, 5) is 46.1. The van der Waals surface area contributed by atoms with Crippen molar-refractivity contribution in [3.63, 3.8) is 0 Å². The number of hydrogen-bond donors (Lipinski definition) is 2. The number of amides is 4. The van der Waals surface area contributed by atoms with E-state index in [1.165, 1.54) is 21.6 Å². The number of nitrogens with one attached hydrogen (secondary N) is 1. The Labute approximate surface area is 161 Å². The second-order valence-corrected chi connectivity index (χ2v) is 7.48. The lowest BCUT2D eigenvalue weighted by Gasteiger charge is -2.40.